The van der Waals surface area contributed by atoms with Gasteiger partial charge in [-0.1, -0.05) is 36.7 Å². The van der Waals surface area contributed by atoms with Gasteiger partial charge in [0.05, 0.1) is 29.8 Å². The molecular formula is C37H48ClN3O6S. The molecule has 0 spiro atoms. The summed E-state index contributed by atoms with van der Waals surface area (Å²) in [4.78, 5) is 29.4. The van der Waals surface area contributed by atoms with Crippen LogP contribution in [0.2, 0.25) is 5.02 Å². The summed E-state index contributed by atoms with van der Waals surface area (Å²) < 4.78 is 33.6. The molecule has 0 radical (unpaired) electrons. The van der Waals surface area contributed by atoms with Gasteiger partial charge in [0.25, 0.3) is 5.91 Å². The van der Waals surface area contributed by atoms with Gasteiger partial charge in [-0.15, -0.1) is 4.36 Å². The molecule has 9 nitrogen and oxygen atoms in total. The number of nitrogens with one attached hydrogen (secondary N) is 1. The first-order chi connectivity index (χ1) is 22.9. The van der Waals surface area contributed by atoms with Gasteiger partial charge in [-0.2, -0.15) is 0 Å². The summed E-state index contributed by atoms with van der Waals surface area (Å²) in [5.41, 5.74) is 2.52. The number of aliphatic hydroxyl groups is 1. The fourth-order valence-corrected chi connectivity index (χ4v) is 9.76. The van der Waals surface area contributed by atoms with Crippen molar-refractivity contribution < 1.29 is 28.4 Å². The molecule has 11 heteroatoms. The summed E-state index contributed by atoms with van der Waals surface area (Å²) in [6, 6.07) is 11.4. The molecule has 5 atom stereocenters. The van der Waals surface area contributed by atoms with Crippen molar-refractivity contribution in [3.8, 4) is 5.75 Å². The second-order valence-corrected chi connectivity index (χ2v) is 17.0. The van der Waals surface area contributed by atoms with E-state index in [9.17, 15) is 18.9 Å². The molecule has 2 heterocycles. The fraction of sp³-hybridized carbons (Fsp3) is 0.568. The monoisotopic (exact) mass is 697 g/mol. The van der Waals surface area contributed by atoms with E-state index in [-0.39, 0.29) is 36.2 Å². The molecule has 2 amide bonds. The lowest BCUT2D eigenvalue weighted by atomic mass is 9.70. The number of methoxy groups -OCH3 is 1. The maximum atomic E-state index is 14.4. The number of rotatable bonds is 3. The highest BCUT2D eigenvalue weighted by Crippen LogP contribution is 2.42. The molecule has 2 bridgehead atoms. The first-order valence-corrected chi connectivity index (χ1v) is 19.3. The van der Waals surface area contributed by atoms with Crippen molar-refractivity contribution >= 4 is 39.0 Å². The number of hydrogen-bond donors (Lipinski definition) is 2. The van der Waals surface area contributed by atoms with Crippen molar-refractivity contribution in [3.05, 3.63) is 70.3 Å². The lowest BCUT2D eigenvalue weighted by Gasteiger charge is -2.43. The molecule has 2 N–H and O–H groups in total. The van der Waals surface area contributed by atoms with Gasteiger partial charge in [0, 0.05) is 36.7 Å². The minimum Gasteiger partial charge on any atom is -0.491 e. The van der Waals surface area contributed by atoms with E-state index in [0.717, 1.165) is 44.3 Å². The number of nitrogens with zero attached hydrogens (tertiary/aromatic N) is 2. The van der Waals surface area contributed by atoms with Gasteiger partial charge >= 0.3 is 0 Å². The van der Waals surface area contributed by atoms with Crippen LogP contribution in [-0.4, -0.2) is 58.8 Å². The maximum Gasteiger partial charge on any atom is 0.286 e. The van der Waals surface area contributed by atoms with Gasteiger partial charge in [-0.3, -0.25) is 14.3 Å². The number of aryl methyl sites for hydroxylation is 1. The molecule has 48 heavy (non-hydrogen) atoms. The SMILES string of the molecule is CO[C@H]1/C=C/C[C@H](C)CS(=O)(NC(=O)C2CC(C)(O)C2)=NC(=O)c2ccc3c(c2)N(Cc2ccc(Cl)cc2CCCCO3)C[C@@H]2CC[C@H]21. The highest BCUT2D eigenvalue weighted by Gasteiger charge is 2.43. The molecule has 2 fully saturated rings. The molecule has 0 saturated heterocycles. The predicted molar refractivity (Wildman–Crippen MR) is 189 cm³/mol. The molecular weight excluding hydrogens is 650 g/mol. The van der Waals surface area contributed by atoms with Crippen LogP contribution in [0.4, 0.5) is 5.69 Å². The van der Waals surface area contributed by atoms with Gasteiger partial charge in [-0.05, 0) is 118 Å². The lowest BCUT2D eigenvalue weighted by Crippen LogP contribution is -2.50. The highest BCUT2D eigenvalue weighted by atomic mass is 35.5. The van der Waals surface area contributed by atoms with Crippen molar-refractivity contribution in [2.45, 2.75) is 83.5 Å². The molecule has 6 rings (SSSR count). The topological polar surface area (TPSA) is 118 Å². The fourth-order valence-electron chi connectivity index (χ4n) is 7.60. The minimum absolute atomic E-state index is 0.0150. The summed E-state index contributed by atoms with van der Waals surface area (Å²) in [6.07, 6.45) is 10.1. The van der Waals surface area contributed by atoms with E-state index in [2.05, 4.69) is 38.3 Å². The van der Waals surface area contributed by atoms with E-state index in [1.165, 1.54) is 11.1 Å². The molecule has 2 aromatic rings. The Kier molecular flexibility index (Phi) is 10.6. The lowest BCUT2D eigenvalue weighted by molar-refractivity contribution is -0.137. The Morgan fingerprint density at radius 1 is 1.17 bits per heavy atom. The number of ether oxygens (including phenoxy) is 2. The zero-order valence-electron chi connectivity index (χ0n) is 28.2. The van der Waals surface area contributed by atoms with Gasteiger partial charge in [0.1, 0.15) is 15.7 Å². The third-order valence-electron chi connectivity index (χ3n) is 10.4. The Morgan fingerprint density at radius 2 is 1.98 bits per heavy atom. The molecule has 2 aromatic carbocycles. The standard InChI is InChI=1S/C37H48ClN3O6S/c1-24-7-6-9-33(46-3)31-14-11-28(31)22-41-21-27-10-13-30(38)17-25(27)8-4-5-16-47-34-15-12-26(18-32(34)41)35(42)39-48(45,23-24)40-36(43)29-19-37(2,44)20-29/h6,9-10,12-13,15,17-18,24,28-29,31,33,44H,4-5,7-8,11,14,16,19-23H2,1-3H3,(H,39,40,42,43,45)/b9-6+/t24-,28-,29?,31+,33-,37?,48?/m0/s1. The number of anilines is 1. The van der Waals surface area contributed by atoms with Gasteiger partial charge < -0.3 is 19.5 Å². The predicted octanol–water partition coefficient (Wildman–Crippen LogP) is 6.50. The highest BCUT2D eigenvalue weighted by molar-refractivity contribution is 7.92. The van der Waals surface area contributed by atoms with Crippen molar-refractivity contribution in [3.63, 3.8) is 0 Å². The molecule has 1 unspecified atom stereocenters. The number of fused-ring (bicyclic) bond motifs is 3. The largest absolute Gasteiger partial charge is 0.491 e. The number of hydrogen-bond acceptors (Lipinski definition) is 7. The van der Waals surface area contributed by atoms with Crippen LogP contribution in [0.25, 0.3) is 0 Å². The van der Waals surface area contributed by atoms with Crippen LogP contribution in [0.3, 0.4) is 0 Å². The average molecular weight is 698 g/mol. The van der Waals surface area contributed by atoms with E-state index in [4.69, 9.17) is 21.1 Å². The number of halogens is 1. The minimum atomic E-state index is -3.49. The smallest absolute Gasteiger partial charge is 0.286 e. The summed E-state index contributed by atoms with van der Waals surface area (Å²) in [5.74, 6) is -0.327. The molecule has 260 valence electrons. The summed E-state index contributed by atoms with van der Waals surface area (Å²) in [6.45, 7) is 5.49. The third kappa shape index (κ3) is 8.09. The molecule has 2 aliphatic heterocycles. The summed E-state index contributed by atoms with van der Waals surface area (Å²) >= 11 is 6.45. The quantitative estimate of drug-likeness (QED) is 0.352. The van der Waals surface area contributed by atoms with Gasteiger partial charge in [0.15, 0.2) is 0 Å². The molecule has 2 saturated carbocycles. The number of carbonyl (C=O) groups excluding carboxylic acids is 2. The molecule has 0 aromatic heterocycles. The zero-order valence-corrected chi connectivity index (χ0v) is 29.7. The van der Waals surface area contributed by atoms with E-state index in [1.807, 2.05) is 19.1 Å². The Morgan fingerprint density at radius 3 is 2.71 bits per heavy atom. The Labute approximate surface area is 289 Å². The van der Waals surface area contributed by atoms with E-state index in [1.54, 1.807) is 26.2 Å². The number of benzene rings is 2. The first-order valence-electron chi connectivity index (χ1n) is 17.2. The Balaban J connectivity index is 1.43. The van der Waals surface area contributed by atoms with Crippen LogP contribution in [0.5, 0.6) is 5.75 Å². The van der Waals surface area contributed by atoms with Crippen LogP contribution >= 0.6 is 11.6 Å². The van der Waals surface area contributed by atoms with Crippen molar-refractivity contribution in [1.82, 2.24) is 4.72 Å². The van der Waals surface area contributed by atoms with Crippen LogP contribution in [0, 0.1) is 23.7 Å². The summed E-state index contributed by atoms with van der Waals surface area (Å²) in [5, 5.41) is 10.9. The first kappa shape index (κ1) is 34.9. The third-order valence-corrected chi connectivity index (χ3v) is 12.6. The normalized spacial score (nSPS) is 33.2. The van der Waals surface area contributed by atoms with Crippen molar-refractivity contribution in [2.75, 3.05) is 30.9 Å². The van der Waals surface area contributed by atoms with E-state index >= 15 is 0 Å². The van der Waals surface area contributed by atoms with Gasteiger partial charge in [-0.25, -0.2) is 4.21 Å². The van der Waals surface area contributed by atoms with Crippen LogP contribution in [0.15, 0.2) is 52.9 Å². The second-order valence-electron chi connectivity index (χ2n) is 14.5. The Hall–Kier alpha value is -2.92. The molecule has 4 aliphatic rings. The number of amides is 2. The average Bonchev–Trinajstić information content (AvgIpc) is 3.03. The Bertz CT molecular complexity index is 1680. The summed E-state index contributed by atoms with van der Waals surface area (Å²) in [7, 11) is -1.74. The van der Waals surface area contributed by atoms with Crippen LogP contribution in [-0.2, 0) is 32.4 Å². The van der Waals surface area contributed by atoms with Gasteiger partial charge in [0.2, 0.25) is 5.91 Å². The van der Waals surface area contributed by atoms with E-state index in [0.29, 0.717) is 42.2 Å². The zero-order chi connectivity index (χ0) is 34.1. The van der Waals surface area contributed by atoms with E-state index < -0.39 is 33.2 Å². The van der Waals surface area contributed by atoms with Crippen molar-refractivity contribution in [1.29, 1.82) is 0 Å². The van der Waals surface area contributed by atoms with Crippen molar-refractivity contribution in [2.24, 2.45) is 28.0 Å². The number of allylic oxidation sites excluding steroid dienone is 1. The molecule has 2 aliphatic carbocycles. The second kappa shape index (κ2) is 14.5. The maximum absolute atomic E-state index is 14.4. The number of carbonyl (C=O) groups is 2. The van der Waals surface area contributed by atoms with Crippen LogP contribution in [0.1, 0.15) is 80.3 Å². The van der Waals surface area contributed by atoms with Crippen LogP contribution < -0.4 is 14.4 Å².